The Morgan fingerprint density at radius 3 is 2.73 bits per heavy atom. The van der Waals surface area contributed by atoms with Gasteiger partial charge in [-0.3, -0.25) is 9.78 Å². The summed E-state index contributed by atoms with van der Waals surface area (Å²) in [5, 5.41) is 13.6. The number of hydrogen-bond acceptors (Lipinski definition) is 5. The highest BCUT2D eigenvalue weighted by atomic mass is 16.5. The number of ether oxygens (including phenoxy) is 1. The molecule has 0 spiro atoms. The van der Waals surface area contributed by atoms with Gasteiger partial charge in [0.25, 0.3) is 0 Å². The largest absolute Gasteiger partial charge is 0.495 e. The van der Waals surface area contributed by atoms with E-state index in [2.05, 4.69) is 21.3 Å². The summed E-state index contributed by atoms with van der Waals surface area (Å²) in [5.74, 6) is 0.594. The van der Waals surface area contributed by atoms with Crippen LogP contribution in [0.15, 0.2) is 48.7 Å². The van der Waals surface area contributed by atoms with Crippen LogP contribution in [-0.2, 0) is 4.79 Å². The topological polar surface area (TPSA) is 78.2 Å². The minimum Gasteiger partial charge on any atom is -0.495 e. The quantitative estimate of drug-likeness (QED) is 0.707. The molecule has 0 bridgehead atoms. The molecule has 152 valence electrons. The first-order valence-corrected chi connectivity index (χ1v) is 10.1. The molecule has 3 aromatic rings. The number of aryl methyl sites for hydroxylation is 1. The van der Waals surface area contributed by atoms with Crippen LogP contribution >= 0.6 is 0 Å². The normalized spacial score (nSPS) is 14.4. The lowest BCUT2D eigenvalue weighted by Gasteiger charge is -2.34. The van der Waals surface area contributed by atoms with E-state index in [4.69, 9.17) is 4.74 Å². The summed E-state index contributed by atoms with van der Waals surface area (Å²) < 4.78 is 5.37. The number of nitrogens with zero attached hydrogens (tertiary/aromatic N) is 3. The third-order valence-electron chi connectivity index (χ3n) is 5.66. The van der Waals surface area contributed by atoms with E-state index in [0.29, 0.717) is 30.1 Å². The second-order valence-electron chi connectivity index (χ2n) is 7.60. The van der Waals surface area contributed by atoms with E-state index in [9.17, 15) is 10.1 Å². The van der Waals surface area contributed by atoms with Crippen molar-refractivity contribution in [1.29, 1.82) is 5.26 Å². The van der Waals surface area contributed by atoms with Crippen LogP contribution in [0.5, 0.6) is 5.75 Å². The Labute approximate surface area is 176 Å². The van der Waals surface area contributed by atoms with Crippen molar-refractivity contribution >= 4 is 28.2 Å². The zero-order valence-corrected chi connectivity index (χ0v) is 17.2. The van der Waals surface area contributed by atoms with Crippen molar-refractivity contribution in [2.45, 2.75) is 19.8 Å². The van der Waals surface area contributed by atoms with Gasteiger partial charge in [0.2, 0.25) is 5.91 Å². The highest BCUT2D eigenvalue weighted by Crippen LogP contribution is 2.33. The first kappa shape index (κ1) is 19.7. The number of nitrogens with one attached hydrogen (secondary N) is 1. The van der Waals surface area contributed by atoms with E-state index < -0.39 is 0 Å². The maximum atomic E-state index is 12.9. The summed E-state index contributed by atoms with van der Waals surface area (Å²) in [6, 6.07) is 15.9. The Morgan fingerprint density at radius 1 is 1.23 bits per heavy atom. The van der Waals surface area contributed by atoms with Gasteiger partial charge in [-0.25, -0.2) is 0 Å². The lowest BCUT2D eigenvalue weighted by molar-refractivity contribution is -0.120. The molecule has 1 saturated heterocycles. The second kappa shape index (κ2) is 8.42. The molecular weight excluding hydrogens is 376 g/mol. The lowest BCUT2D eigenvalue weighted by atomic mass is 9.94. The van der Waals surface area contributed by atoms with E-state index in [-0.39, 0.29) is 11.8 Å². The number of carbonyl (C=O) groups excluding carboxylic acids is 1. The van der Waals surface area contributed by atoms with Crippen LogP contribution in [0.25, 0.3) is 10.9 Å². The average Bonchev–Trinajstić information content (AvgIpc) is 2.78. The summed E-state index contributed by atoms with van der Waals surface area (Å²) in [6.45, 7) is 3.41. The summed E-state index contributed by atoms with van der Waals surface area (Å²) in [4.78, 5) is 19.5. The van der Waals surface area contributed by atoms with Crippen LogP contribution in [0.3, 0.4) is 0 Å². The summed E-state index contributed by atoms with van der Waals surface area (Å²) in [7, 11) is 1.60. The molecule has 2 heterocycles. The van der Waals surface area contributed by atoms with Gasteiger partial charge in [-0.05, 0) is 43.5 Å². The molecule has 1 N–H and O–H groups in total. The van der Waals surface area contributed by atoms with Crippen LogP contribution in [-0.4, -0.2) is 31.1 Å². The van der Waals surface area contributed by atoms with Gasteiger partial charge >= 0.3 is 0 Å². The lowest BCUT2D eigenvalue weighted by Crippen LogP contribution is -2.38. The fourth-order valence-electron chi connectivity index (χ4n) is 4.07. The number of hydrogen-bond donors (Lipinski definition) is 1. The van der Waals surface area contributed by atoms with Gasteiger partial charge in [-0.1, -0.05) is 24.3 Å². The molecule has 0 atom stereocenters. The Hall–Kier alpha value is -3.59. The van der Waals surface area contributed by atoms with Gasteiger partial charge in [-0.2, -0.15) is 5.26 Å². The maximum absolute atomic E-state index is 12.9. The smallest absolute Gasteiger partial charge is 0.227 e. The average molecular weight is 400 g/mol. The zero-order valence-electron chi connectivity index (χ0n) is 17.2. The second-order valence-corrected chi connectivity index (χ2v) is 7.60. The molecule has 2 aromatic carbocycles. The van der Waals surface area contributed by atoms with E-state index >= 15 is 0 Å². The molecule has 0 unspecified atom stereocenters. The molecule has 6 heteroatoms. The van der Waals surface area contributed by atoms with Crippen LogP contribution in [0.4, 0.5) is 11.4 Å². The third kappa shape index (κ3) is 3.79. The molecule has 1 amide bonds. The molecular formula is C24H24N4O2. The Morgan fingerprint density at radius 2 is 2.00 bits per heavy atom. The Bertz CT molecular complexity index is 1130. The van der Waals surface area contributed by atoms with E-state index in [0.717, 1.165) is 35.0 Å². The molecule has 4 rings (SSSR count). The van der Waals surface area contributed by atoms with Crippen LogP contribution < -0.4 is 15.0 Å². The molecule has 1 aromatic heterocycles. The Balaban J connectivity index is 1.50. The molecule has 0 saturated carbocycles. The number of rotatable bonds is 4. The zero-order chi connectivity index (χ0) is 21.1. The van der Waals surface area contributed by atoms with E-state index in [1.165, 1.54) is 0 Å². The number of carbonyl (C=O) groups is 1. The molecule has 1 aliphatic rings. The highest BCUT2D eigenvalue weighted by molar-refractivity contribution is 5.96. The van der Waals surface area contributed by atoms with Crippen molar-refractivity contribution in [2.75, 3.05) is 30.4 Å². The molecule has 1 fully saturated rings. The number of piperidine rings is 1. The standard InChI is InChI=1S/C24H24N4O2/c1-16-7-8-22(30-2)21(13-16)27-24(29)17-9-11-28(12-10-17)23-18(14-25)15-26-20-6-4-3-5-19(20)23/h3-8,13,15,17H,9-12H2,1-2H3,(H,27,29). The van der Waals surface area contributed by atoms with Gasteiger partial charge in [0, 0.05) is 30.6 Å². The SMILES string of the molecule is COc1ccc(C)cc1NC(=O)C1CCN(c2c(C#N)cnc3ccccc23)CC1. The fourth-order valence-corrected chi connectivity index (χ4v) is 4.07. The van der Waals surface area contributed by atoms with Crippen molar-refractivity contribution in [3.05, 3.63) is 59.8 Å². The van der Waals surface area contributed by atoms with Crippen molar-refractivity contribution in [3.63, 3.8) is 0 Å². The van der Waals surface area contributed by atoms with Gasteiger partial charge in [-0.15, -0.1) is 0 Å². The van der Waals surface area contributed by atoms with Gasteiger partial charge in [0.05, 0.1) is 29.6 Å². The van der Waals surface area contributed by atoms with Crippen molar-refractivity contribution in [1.82, 2.24) is 4.98 Å². The molecule has 6 nitrogen and oxygen atoms in total. The minimum atomic E-state index is -0.0786. The minimum absolute atomic E-state index is 0.0126. The van der Waals surface area contributed by atoms with Crippen molar-refractivity contribution in [2.24, 2.45) is 5.92 Å². The summed E-state index contributed by atoms with van der Waals surface area (Å²) in [6.07, 6.45) is 3.09. The number of anilines is 2. The predicted octanol–water partition coefficient (Wildman–Crippen LogP) is 4.28. The summed E-state index contributed by atoms with van der Waals surface area (Å²) in [5.41, 5.74) is 4.13. The number of methoxy groups -OCH3 is 1. The first-order chi connectivity index (χ1) is 14.6. The monoisotopic (exact) mass is 400 g/mol. The fraction of sp³-hybridized carbons (Fsp3) is 0.292. The number of para-hydroxylation sites is 1. The number of aromatic nitrogens is 1. The van der Waals surface area contributed by atoms with Gasteiger partial charge < -0.3 is 15.0 Å². The first-order valence-electron chi connectivity index (χ1n) is 10.1. The number of amides is 1. The number of nitriles is 1. The molecule has 30 heavy (non-hydrogen) atoms. The number of fused-ring (bicyclic) bond motifs is 1. The van der Waals surface area contributed by atoms with E-state index in [1.807, 2.05) is 49.4 Å². The molecule has 1 aliphatic heterocycles. The van der Waals surface area contributed by atoms with Gasteiger partial charge in [0.1, 0.15) is 11.8 Å². The van der Waals surface area contributed by atoms with E-state index in [1.54, 1.807) is 13.3 Å². The van der Waals surface area contributed by atoms with Crippen LogP contribution in [0.1, 0.15) is 24.0 Å². The predicted molar refractivity (Wildman–Crippen MR) is 118 cm³/mol. The number of pyridine rings is 1. The van der Waals surface area contributed by atoms with Gasteiger partial charge in [0.15, 0.2) is 0 Å². The highest BCUT2D eigenvalue weighted by Gasteiger charge is 2.27. The maximum Gasteiger partial charge on any atom is 0.227 e. The van der Waals surface area contributed by atoms with Crippen molar-refractivity contribution < 1.29 is 9.53 Å². The summed E-state index contributed by atoms with van der Waals surface area (Å²) >= 11 is 0. The molecule has 0 radical (unpaired) electrons. The molecule has 0 aliphatic carbocycles. The number of benzene rings is 2. The van der Waals surface area contributed by atoms with Crippen LogP contribution in [0.2, 0.25) is 0 Å². The van der Waals surface area contributed by atoms with Crippen molar-refractivity contribution in [3.8, 4) is 11.8 Å². The Kier molecular flexibility index (Phi) is 5.53. The van der Waals surface area contributed by atoms with Crippen LogP contribution in [0, 0.1) is 24.2 Å². The third-order valence-corrected chi connectivity index (χ3v) is 5.66.